The number of nitrogens with one attached hydrogen (secondary N) is 1. The molecule has 18 heavy (non-hydrogen) atoms. The van der Waals surface area contributed by atoms with Gasteiger partial charge in [0.05, 0.1) is 21.3 Å². The Balaban J connectivity index is 2.08. The second-order valence-corrected chi connectivity index (χ2v) is 6.11. The van der Waals surface area contributed by atoms with Crippen molar-refractivity contribution < 1.29 is 0 Å². The molecule has 1 atom stereocenters. The first-order valence-corrected chi connectivity index (χ1v) is 7.45. The molecule has 3 aromatic heterocycles. The van der Waals surface area contributed by atoms with Crippen LogP contribution in [0.5, 0.6) is 0 Å². The second-order valence-electron chi connectivity index (χ2n) is 3.81. The first-order valence-electron chi connectivity index (χ1n) is 5.32. The number of halogens is 1. The molecular weight excluding hydrogens is 286 g/mol. The summed E-state index contributed by atoms with van der Waals surface area (Å²) in [6, 6.07) is 5.88. The topological polar surface area (TPSA) is 50.9 Å². The van der Waals surface area contributed by atoms with Crippen molar-refractivity contribution in [2.75, 3.05) is 0 Å². The van der Waals surface area contributed by atoms with Crippen LogP contribution in [0.2, 0.25) is 5.02 Å². The Labute approximate surface area is 117 Å². The van der Waals surface area contributed by atoms with Gasteiger partial charge in [0.25, 0.3) is 0 Å². The number of hydrazine groups is 1. The Bertz CT molecular complexity index is 677. The van der Waals surface area contributed by atoms with Crippen LogP contribution in [0.4, 0.5) is 0 Å². The van der Waals surface area contributed by atoms with Crippen LogP contribution in [0.1, 0.15) is 16.5 Å². The minimum atomic E-state index is -0.114. The van der Waals surface area contributed by atoms with E-state index >= 15 is 0 Å². The van der Waals surface area contributed by atoms with E-state index < -0.39 is 0 Å². The summed E-state index contributed by atoms with van der Waals surface area (Å²) in [5, 5.41) is 4.72. The molecule has 3 N–H and O–H groups in total. The van der Waals surface area contributed by atoms with Gasteiger partial charge in [-0.25, -0.2) is 5.43 Å². The number of thiophene rings is 2. The zero-order valence-corrected chi connectivity index (χ0v) is 11.6. The number of hydrogen-bond donors (Lipinski definition) is 2. The minimum absolute atomic E-state index is 0.114. The third kappa shape index (κ3) is 2.04. The Morgan fingerprint density at radius 2 is 2.11 bits per heavy atom. The van der Waals surface area contributed by atoms with Gasteiger partial charge in [-0.3, -0.25) is 10.8 Å². The quantitative estimate of drug-likeness (QED) is 0.574. The molecule has 0 fully saturated rings. The normalized spacial score (nSPS) is 13.0. The molecule has 0 aromatic carbocycles. The summed E-state index contributed by atoms with van der Waals surface area (Å²) in [5.41, 5.74) is 4.84. The number of rotatable bonds is 3. The summed E-state index contributed by atoms with van der Waals surface area (Å²) < 4.78 is 1.15. The SMILES string of the molecule is NNC(c1cnc2ccsc2c1)c1sccc1Cl. The Morgan fingerprint density at radius 3 is 2.83 bits per heavy atom. The Morgan fingerprint density at radius 1 is 1.28 bits per heavy atom. The summed E-state index contributed by atoms with van der Waals surface area (Å²) in [6.45, 7) is 0. The van der Waals surface area contributed by atoms with Gasteiger partial charge < -0.3 is 0 Å². The Kier molecular flexibility index (Phi) is 3.32. The van der Waals surface area contributed by atoms with Gasteiger partial charge in [0.2, 0.25) is 0 Å². The molecular formula is C12H10ClN3S2. The molecule has 6 heteroatoms. The molecule has 0 amide bonds. The highest BCUT2D eigenvalue weighted by atomic mass is 35.5. The van der Waals surface area contributed by atoms with E-state index in [1.807, 2.05) is 29.1 Å². The molecule has 0 saturated carbocycles. The maximum atomic E-state index is 6.16. The van der Waals surface area contributed by atoms with Gasteiger partial charge in [-0.1, -0.05) is 11.6 Å². The van der Waals surface area contributed by atoms with Crippen molar-refractivity contribution in [1.29, 1.82) is 0 Å². The monoisotopic (exact) mass is 295 g/mol. The van der Waals surface area contributed by atoms with Crippen molar-refractivity contribution in [3.63, 3.8) is 0 Å². The molecule has 0 saturated heterocycles. The lowest BCUT2D eigenvalue weighted by Crippen LogP contribution is -2.28. The molecule has 3 heterocycles. The molecule has 92 valence electrons. The van der Waals surface area contributed by atoms with Crippen molar-refractivity contribution in [1.82, 2.24) is 10.4 Å². The van der Waals surface area contributed by atoms with E-state index in [0.717, 1.165) is 25.7 Å². The number of aromatic nitrogens is 1. The van der Waals surface area contributed by atoms with E-state index in [9.17, 15) is 0 Å². The second kappa shape index (κ2) is 4.95. The molecule has 3 rings (SSSR count). The molecule has 0 aliphatic carbocycles. The summed E-state index contributed by atoms with van der Waals surface area (Å²) >= 11 is 9.41. The minimum Gasteiger partial charge on any atom is -0.271 e. The molecule has 0 aliphatic heterocycles. The van der Waals surface area contributed by atoms with Crippen LogP contribution >= 0.6 is 34.3 Å². The summed E-state index contributed by atoms with van der Waals surface area (Å²) in [4.78, 5) is 5.44. The lowest BCUT2D eigenvalue weighted by Gasteiger charge is -2.15. The van der Waals surface area contributed by atoms with Crippen LogP contribution in [0.15, 0.2) is 35.2 Å². The average Bonchev–Trinajstić information content (AvgIpc) is 2.99. The van der Waals surface area contributed by atoms with Gasteiger partial charge >= 0.3 is 0 Å². The zero-order valence-electron chi connectivity index (χ0n) is 9.26. The van der Waals surface area contributed by atoms with E-state index in [-0.39, 0.29) is 6.04 Å². The van der Waals surface area contributed by atoms with Gasteiger partial charge in [0.1, 0.15) is 0 Å². The fraction of sp³-hybridized carbons (Fsp3) is 0.0833. The first-order chi connectivity index (χ1) is 8.79. The van der Waals surface area contributed by atoms with Crippen molar-refractivity contribution in [2.24, 2.45) is 5.84 Å². The average molecular weight is 296 g/mol. The number of hydrogen-bond acceptors (Lipinski definition) is 5. The van der Waals surface area contributed by atoms with E-state index in [4.69, 9.17) is 17.4 Å². The molecule has 3 nitrogen and oxygen atoms in total. The van der Waals surface area contributed by atoms with Crippen LogP contribution in [0.25, 0.3) is 10.2 Å². The first kappa shape index (κ1) is 12.1. The third-order valence-electron chi connectivity index (χ3n) is 2.73. The highest BCUT2D eigenvalue weighted by Gasteiger charge is 2.17. The van der Waals surface area contributed by atoms with Gasteiger partial charge in [-0.05, 0) is 34.5 Å². The summed E-state index contributed by atoms with van der Waals surface area (Å²) in [7, 11) is 0. The number of nitrogens with two attached hydrogens (primary N) is 1. The molecule has 0 radical (unpaired) electrons. The van der Waals surface area contributed by atoms with Crippen LogP contribution < -0.4 is 11.3 Å². The van der Waals surface area contributed by atoms with E-state index in [2.05, 4.69) is 16.5 Å². The van der Waals surface area contributed by atoms with Gasteiger partial charge in [0, 0.05) is 11.1 Å². The summed E-state index contributed by atoms with van der Waals surface area (Å²) in [6.07, 6.45) is 1.84. The predicted molar refractivity (Wildman–Crippen MR) is 78.1 cm³/mol. The van der Waals surface area contributed by atoms with Crippen molar-refractivity contribution >= 4 is 44.5 Å². The van der Waals surface area contributed by atoms with Gasteiger partial charge in [-0.2, -0.15) is 0 Å². The summed E-state index contributed by atoms with van der Waals surface area (Å²) in [5.74, 6) is 5.66. The molecule has 0 spiro atoms. The van der Waals surface area contributed by atoms with Crippen molar-refractivity contribution in [2.45, 2.75) is 6.04 Å². The fourth-order valence-corrected chi connectivity index (χ4v) is 3.90. The molecule has 3 aromatic rings. The Hall–Kier alpha value is -0.980. The van der Waals surface area contributed by atoms with Crippen LogP contribution in [0, 0.1) is 0 Å². The predicted octanol–water partition coefficient (Wildman–Crippen LogP) is 3.56. The van der Waals surface area contributed by atoms with Gasteiger partial charge in [-0.15, -0.1) is 22.7 Å². The molecule has 0 aliphatic rings. The maximum Gasteiger partial charge on any atom is 0.0832 e. The maximum absolute atomic E-state index is 6.16. The smallest absolute Gasteiger partial charge is 0.0832 e. The highest BCUT2D eigenvalue weighted by Crippen LogP contribution is 2.33. The molecule has 0 bridgehead atoms. The van der Waals surface area contributed by atoms with E-state index in [1.165, 1.54) is 0 Å². The number of pyridine rings is 1. The molecule has 1 unspecified atom stereocenters. The van der Waals surface area contributed by atoms with Crippen molar-refractivity contribution in [3.05, 3.63) is 50.6 Å². The number of fused-ring (bicyclic) bond motifs is 1. The largest absolute Gasteiger partial charge is 0.271 e. The van der Waals surface area contributed by atoms with E-state index in [0.29, 0.717) is 0 Å². The number of nitrogens with zero attached hydrogens (tertiary/aromatic N) is 1. The standard InChI is InChI=1S/C12H10ClN3S2/c13-8-1-3-18-12(8)11(16-14)7-5-10-9(15-6-7)2-4-17-10/h1-6,11,16H,14H2. The van der Waals surface area contributed by atoms with Crippen LogP contribution in [-0.4, -0.2) is 4.98 Å². The van der Waals surface area contributed by atoms with Gasteiger partial charge in [0.15, 0.2) is 0 Å². The lowest BCUT2D eigenvalue weighted by atomic mass is 10.1. The van der Waals surface area contributed by atoms with Crippen molar-refractivity contribution in [3.8, 4) is 0 Å². The third-order valence-corrected chi connectivity index (χ3v) is 5.01. The lowest BCUT2D eigenvalue weighted by molar-refractivity contribution is 0.645. The fourth-order valence-electron chi connectivity index (χ4n) is 1.85. The highest BCUT2D eigenvalue weighted by molar-refractivity contribution is 7.17. The zero-order chi connectivity index (χ0) is 12.5. The van der Waals surface area contributed by atoms with Crippen LogP contribution in [0.3, 0.4) is 0 Å². The van der Waals surface area contributed by atoms with E-state index in [1.54, 1.807) is 22.7 Å². The van der Waals surface area contributed by atoms with Crippen LogP contribution in [-0.2, 0) is 0 Å².